The van der Waals surface area contributed by atoms with Gasteiger partial charge in [0.15, 0.2) is 0 Å². The zero-order valence-corrected chi connectivity index (χ0v) is 11.0. The Morgan fingerprint density at radius 3 is 2.50 bits per heavy atom. The van der Waals surface area contributed by atoms with Gasteiger partial charge in [-0.3, -0.25) is 4.79 Å². The van der Waals surface area contributed by atoms with Crippen LogP contribution < -0.4 is 10.6 Å². The molecule has 0 spiro atoms. The Hall–Kier alpha value is -1.30. The first-order valence-electron chi connectivity index (χ1n) is 6.52. The van der Waals surface area contributed by atoms with Gasteiger partial charge in [-0.25, -0.2) is 4.79 Å². The molecule has 104 valence electrons. The van der Waals surface area contributed by atoms with Crippen molar-refractivity contribution in [3.8, 4) is 0 Å². The fourth-order valence-corrected chi connectivity index (χ4v) is 1.89. The molecule has 1 saturated heterocycles. The molecule has 18 heavy (non-hydrogen) atoms. The zero-order valence-electron chi connectivity index (χ0n) is 11.0. The van der Waals surface area contributed by atoms with Gasteiger partial charge < -0.3 is 20.3 Å². The molecule has 0 radical (unpaired) electrons. The smallest absolute Gasteiger partial charge is 0.314 e. The van der Waals surface area contributed by atoms with Gasteiger partial charge in [0, 0.05) is 46.3 Å². The Bertz CT molecular complexity index is 265. The maximum absolute atomic E-state index is 11.7. The number of amides is 3. The summed E-state index contributed by atoms with van der Waals surface area (Å²) >= 11 is 0. The molecular weight excluding hydrogens is 234 g/mol. The average molecular weight is 257 g/mol. The van der Waals surface area contributed by atoms with Crippen LogP contribution in [0.3, 0.4) is 0 Å². The SMILES string of the molecule is COCCCNC(=O)NCCC(=O)N1CCCC1. The maximum Gasteiger partial charge on any atom is 0.314 e. The van der Waals surface area contributed by atoms with Gasteiger partial charge in [-0.2, -0.15) is 0 Å². The highest BCUT2D eigenvalue weighted by Gasteiger charge is 2.17. The summed E-state index contributed by atoms with van der Waals surface area (Å²) < 4.78 is 4.87. The summed E-state index contributed by atoms with van der Waals surface area (Å²) in [5, 5.41) is 5.38. The predicted octanol–water partition coefficient (Wildman–Crippen LogP) is 0.335. The summed E-state index contributed by atoms with van der Waals surface area (Å²) in [5.74, 6) is 0.132. The van der Waals surface area contributed by atoms with Gasteiger partial charge >= 0.3 is 6.03 Å². The van der Waals surface area contributed by atoms with Crippen molar-refractivity contribution in [2.45, 2.75) is 25.7 Å². The number of rotatable bonds is 7. The molecule has 1 fully saturated rings. The van der Waals surface area contributed by atoms with Crippen LogP contribution in [0.2, 0.25) is 0 Å². The second-order valence-electron chi connectivity index (χ2n) is 4.37. The number of ether oxygens (including phenoxy) is 1. The summed E-state index contributed by atoms with van der Waals surface area (Å²) in [6.45, 7) is 3.34. The minimum atomic E-state index is -0.222. The van der Waals surface area contributed by atoms with E-state index in [2.05, 4.69) is 10.6 Å². The van der Waals surface area contributed by atoms with E-state index >= 15 is 0 Å². The highest BCUT2D eigenvalue weighted by molar-refractivity contribution is 5.78. The van der Waals surface area contributed by atoms with Crippen molar-refractivity contribution in [3.63, 3.8) is 0 Å². The molecule has 1 heterocycles. The van der Waals surface area contributed by atoms with Crippen molar-refractivity contribution >= 4 is 11.9 Å². The third-order valence-electron chi connectivity index (χ3n) is 2.89. The average Bonchev–Trinajstić information content (AvgIpc) is 2.88. The number of carbonyl (C=O) groups excluding carboxylic acids is 2. The molecule has 3 amide bonds. The standard InChI is InChI=1S/C12H23N3O3/c1-18-10-4-6-13-12(17)14-7-5-11(16)15-8-2-3-9-15/h2-10H2,1H3,(H2,13,14,17). The van der Waals surface area contributed by atoms with Gasteiger partial charge in [-0.15, -0.1) is 0 Å². The van der Waals surface area contributed by atoms with Crippen LogP contribution in [0, 0.1) is 0 Å². The van der Waals surface area contributed by atoms with E-state index in [1.54, 1.807) is 7.11 Å². The number of nitrogens with zero attached hydrogens (tertiary/aromatic N) is 1. The molecule has 6 nitrogen and oxygen atoms in total. The second-order valence-corrected chi connectivity index (χ2v) is 4.37. The van der Waals surface area contributed by atoms with Gasteiger partial charge in [0.1, 0.15) is 0 Å². The Balaban J connectivity index is 1.99. The van der Waals surface area contributed by atoms with Gasteiger partial charge in [0.05, 0.1) is 0 Å². The lowest BCUT2D eigenvalue weighted by Gasteiger charge is -2.15. The maximum atomic E-state index is 11.7. The van der Waals surface area contributed by atoms with E-state index in [1.807, 2.05) is 4.90 Å². The van der Waals surface area contributed by atoms with Crippen LogP contribution in [0.15, 0.2) is 0 Å². The summed E-state index contributed by atoms with van der Waals surface area (Å²) in [5.41, 5.74) is 0. The number of hydrogen-bond acceptors (Lipinski definition) is 3. The van der Waals surface area contributed by atoms with E-state index in [1.165, 1.54) is 0 Å². The first-order chi connectivity index (χ1) is 8.74. The number of methoxy groups -OCH3 is 1. The van der Waals surface area contributed by atoms with Crippen LogP contribution >= 0.6 is 0 Å². The first-order valence-corrected chi connectivity index (χ1v) is 6.52. The Morgan fingerprint density at radius 1 is 1.17 bits per heavy atom. The summed E-state index contributed by atoms with van der Waals surface area (Å²) in [6.07, 6.45) is 3.36. The van der Waals surface area contributed by atoms with Crippen LogP contribution in [-0.2, 0) is 9.53 Å². The topological polar surface area (TPSA) is 70.7 Å². The lowest BCUT2D eigenvalue weighted by Crippen LogP contribution is -2.38. The number of urea groups is 1. The molecule has 0 unspecified atom stereocenters. The molecule has 0 aromatic carbocycles. The van der Waals surface area contributed by atoms with E-state index in [4.69, 9.17) is 4.74 Å². The molecule has 0 bridgehead atoms. The predicted molar refractivity (Wildman–Crippen MR) is 68.3 cm³/mol. The minimum absolute atomic E-state index is 0.132. The molecule has 1 aliphatic rings. The molecule has 6 heteroatoms. The fraction of sp³-hybridized carbons (Fsp3) is 0.833. The lowest BCUT2D eigenvalue weighted by atomic mass is 10.3. The van der Waals surface area contributed by atoms with E-state index in [0.717, 1.165) is 32.4 Å². The van der Waals surface area contributed by atoms with Crippen molar-refractivity contribution in [2.75, 3.05) is 39.9 Å². The third kappa shape index (κ3) is 5.86. The fourth-order valence-electron chi connectivity index (χ4n) is 1.89. The molecule has 0 saturated carbocycles. The number of hydrogen-bond donors (Lipinski definition) is 2. The van der Waals surface area contributed by atoms with Crippen LogP contribution in [0.4, 0.5) is 4.79 Å². The van der Waals surface area contributed by atoms with Crippen LogP contribution in [0.5, 0.6) is 0 Å². The molecule has 2 N–H and O–H groups in total. The lowest BCUT2D eigenvalue weighted by molar-refractivity contribution is -0.129. The Kier molecular flexibility index (Phi) is 7.17. The van der Waals surface area contributed by atoms with Gasteiger partial charge in [0.2, 0.25) is 5.91 Å². The number of carbonyl (C=O) groups is 2. The molecule has 0 aromatic heterocycles. The summed E-state index contributed by atoms with van der Waals surface area (Å²) in [7, 11) is 1.63. The van der Waals surface area contributed by atoms with Crippen molar-refractivity contribution in [2.24, 2.45) is 0 Å². The third-order valence-corrected chi connectivity index (χ3v) is 2.89. The molecule has 1 aliphatic heterocycles. The normalized spacial score (nSPS) is 14.6. The van der Waals surface area contributed by atoms with E-state index in [-0.39, 0.29) is 11.9 Å². The summed E-state index contributed by atoms with van der Waals surface area (Å²) in [4.78, 5) is 24.8. The van der Waals surface area contributed by atoms with Crippen molar-refractivity contribution in [1.82, 2.24) is 15.5 Å². The van der Waals surface area contributed by atoms with E-state index < -0.39 is 0 Å². The highest BCUT2D eigenvalue weighted by atomic mass is 16.5. The second kappa shape index (κ2) is 8.74. The van der Waals surface area contributed by atoms with Crippen molar-refractivity contribution in [3.05, 3.63) is 0 Å². The monoisotopic (exact) mass is 257 g/mol. The van der Waals surface area contributed by atoms with E-state index in [0.29, 0.717) is 26.1 Å². The van der Waals surface area contributed by atoms with Crippen molar-refractivity contribution < 1.29 is 14.3 Å². The number of likely N-dealkylation sites (tertiary alicyclic amines) is 1. The first kappa shape index (κ1) is 14.8. The van der Waals surface area contributed by atoms with Crippen LogP contribution in [0.1, 0.15) is 25.7 Å². The number of nitrogens with one attached hydrogen (secondary N) is 2. The molecule has 0 atom stereocenters. The van der Waals surface area contributed by atoms with Crippen LogP contribution in [0.25, 0.3) is 0 Å². The van der Waals surface area contributed by atoms with Gasteiger partial charge in [0.25, 0.3) is 0 Å². The molecular formula is C12H23N3O3. The van der Waals surface area contributed by atoms with Crippen LogP contribution in [-0.4, -0.2) is 56.7 Å². The molecule has 1 rings (SSSR count). The zero-order chi connectivity index (χ0) is 13.2. The molecule has 0 aliphatic carbocycles. The van der Waals surface area contributed by atoms with Gasteiger partial charge in [-0.05, 0) is 19.3 Å². The highest BCUT2D eigenvalue weighted by Crippen LogP contribution is 2.08. The molecule has 0 aromatic rings. The Morgan fingerprint density at radius 2 is 1.83 bits per heavy atom. The van der Waals surface area contributed by atoms with Gasteiger partial charge in [-0.1, -0.05) is 0 Å². The Labute approximate surface area is 108 Å². The van der Waals surface area contributed by atoms with Crippen molar-refractivity contribution in [1.29, 1.82) is 0 Å². The summed E-state index contributed by atoms with van der Waals surface area (Å²) in [6, 6.07) is -0.222. The minimum Gasteiger partial charge on any atom is -0.385 e. The van der Waals surface area contributed by atoms with E-state index in [9.17, 15) is 9.59 Å². The largest absolute Gasteiger partial charge is 0.385 e. The quantitative estimate of drug-likeness (QED) is 0.646.